The third kappa shape index (κ3) is 2.99. The number of aromatic nitrogens is 3. The summed E-state index contributed by atoms with van der Waals surface area (Å²) in [5, 5.41) is 8.77. The molecular weight excluding hydrogens is 330 g/mol. The van der Waals surface area contributed by atoms with Crippen LogP contribution >= 0.6 is 11.6 Å². The van der Waals surface area contributed by atoms with Gasteiger partial charge in [0.25, 0.3) is 5.91 Å². The highest BCUT2D eigenvalue weighted by Gasteiger charge is 2.32. The molecule has 1 atom stereocenters. The van der Waals surface area contributed by atoms with Crippen LogP contribution in [-0.2, 0) is 11.2 Å². The van der Waals surface area contributed by atoms with Crippen molar-refractivity contribution >= 4 is 23.4 Å². The molecule has 1 aromatic carbocycles. The molecule has 0 spiro atoms. The second kappa shape index (κ2) is 6.60. The number of amides is 2. The summed E-state index contributed by atoms with van der Waals surface area (Å²) in [5.74, 6) is -0.880. The molecule has 1 aliphatic rings. The lowest BCUT2D eigenvalue weighted by molar-refractivity contribution is -0.121. The van der Waals surface area contributed by atoms with Crippen molar-refractivity contribution in [1.29, 1.82) is 0 Å². The number of carbonyl (C=O) groups is 2. The van der Waals surface area contributed by atoms with E-state index < -0.39 is 0 Å². The maximum atomic E-state index is 12.7. The van der Waals surface area contributed by atoms with E-state index in [1.54, 1.807) is 21.7 Å². The molecule has 126 valence electrons. The summed E-state index contributed by atoms with van der Waals surface area (Å²) in [6, 6.07) is 7.21. The molecule has 1 saturated heterocycles. The van der Waals surface area contributed by atoms with Crippen molar-refractivity contribution in [3.63, 3.8) is 0 Å². The van der Waals surface area contributed by atoms with E-state index in [1.165, 1.54) is 0 Å². The molecule has 1 aliphatic heterocycles. The molecule has 0 bridgehead atoms. The molecule has 2 N–H and O–H groups in total. The van der Waals surface area contributed by atoms with Crippen molar-refractivity contribution in [1.82, 2.24) is 19.9 Å². The minimum atomic E-state index is -0.372. The van der Waals surface area contributed by atoms with Gasteiger partial charge in [0.1, 0.15) is 0 Å². The normalized spacial score (nSPS) is 17.2. The Labute approximate surface area is 144 Å². The van der Waals surface area contributed by atoms with Crippen LogP contribution < -0.4 is 5.73 Å². The molecule has 0 aliphatic carbocycles. The molecule has 0 radical (unpaired) electrons. The van der Waals surface area contributed by atoms with Gasteiger partial charge < -0.3 is 10.6 Å². The number of likely N-dealkylation sites (tertiary alicyclic amines) is 1. The van der Waals surface area contributed by atoms with Gasteiger partial charge in [0.05, 0.1) is 17.3 Å². The summed E-state index contributed by atoms with van der Waals surface area (Å²) in [7, 11) is 0. The Morgan fingerprint density at radius 1 is 1.42 bits per heavy atom. The fourth-order valence-corrected chi connectivity index (χ4v) is 3.11. The lowest BCUT2D eigenvalue weighted by atomic mass is 10.1. The SMILES string of the molecule is CCc1c(C(=O)N2CCC(C(N)=O)C2)nnn1-c1cccc(Cl)c1. The minimum Gasteiger partial charge on any atom is -0.369 e. The summed E-state index contributed by atoms with van der Waals surface area (Å²) in [4.78, 5) is 25.6. The number of halogens is 1. The van der Waals surface area contributed by atoms with Crippen LogP contribution in [-0.4, -0.2) is 44.8 Å². The molecule has 2 amide bonds. The summed E-state index contributed by atoms with van der Waals surface area (Å²) in [6.45, 7) is 2.77. The van der Waals surface area contributed by atoms with E-state index in [2.05, 4.69) is 10.3 Å². The maximum absolute atomic E-state index is 12.7. The lowest BCUT2D eigenvalue weighted by Crippen LogP contribution is -2.32. The van der Waals surface area contributed by atoms with E-state index in [0.717, 1.165) is 5.69 Å². The van der Waals surface area contributed by atoms with Gasteiger partial charge in [-0.15, -0.1) is 5.10 Å². The number of benzene rings is 1. The fourth-order valence-electron chi connectivity index (χ4n) is 2.93. The zero-order valence-electron chi connectivity index (χ0n) is 13.3. The van der Waals surface area contributed by atoms with Crippen LogP contribution in [0.4, 0.5) is 0 Å². The second-order valence-corrected chi connectivity index (χ2v) is 6.21. The average molecular weight is 348 g/mol. The van der Waals surface area contributed by atoms with Gasteiger partial charge in [0.15, 0.2) is 5.69 Å². The van der Waals surface area contributed by atoms with E-state index in [4.69, 9.17) is 17.3 Å². The average Bonchev–Trinajstić information content (AvgIpc) is 3.21. The van der Waals surface area contributed by atoms with E-state index >= 15 is 0 Å². The largest absolute Gasteiger partial charge is 0.369 e. The van der Waals surface area contributed by atoms with Gasteiger partial charge in [-0.05, 0) is 31.0 Å². The first-order valence-corrected chi connectivity index (χ1v) is 8.18. The summed E-state index contributed by atoms with van der Waals surface area (Å²) in [6.07, 6.45) is 1.18. The monoisotopic (exact) mass is 347 g/mol. The molecule has 0 saturated carbocycles. The molecular formula is C16H18ClN5O2. The van der Waals surface area contributed by atoms with Crippen molar-refractivity contribution < 1.29 is 9.59 Å². The molecule has 8 heteroatoms. The Hall–Kier alpha value is -2.41. The molecule has 3 rings (SSSR count). The maximum Gasteiger partial charge on any atom is 0.276 e. The summed E-state index contributed by atoms with van der Waals surface area (Å²) in [5.41, 5.74) is 7.10. The summed E-state index contributed by atoms with van der Waals surface area (Å²) < 4.78 is 1.63. The van der Waals surface area contributed by atoms with Crippen molar-refractivity contribution in [2.75, 3.05) is 13.1 Å². The fraction of sp³-hybridized carbons (Fsp3) is 0.375. The predicted molar refractivity (Wildman–Crippen MR) is 89.0 cm³/mol. The topological polar surface area (TPSA) is 94.1 Å². The highest BCUT2D eigenvalue weighted by Crippen LogP contribution is 2.22. The van der Waals surface area contributed by atoms with Gasteiger partial charge in [-0.1, -0.05) is 29.8 Å². The zero-order chi connectivity index (χ0) is 17.3. The molecule has 2 heterocycles. The first kappa shape index (κ1) is 16.4. The van der Waals surface area contributed by atoms with Crippen LogP contribution in [0.3, 0.4) is 0 Å². The smallest absolute Gasteiger partial charge is 0.276 e. The Morgan fingerprint density at radius 3 is 2.83 bits per heavy atom. The standard InChI is InChI=1S/C16H18ClN5O2/c1-2-13-14(16(24)21-7-6-10(9-21)15(18)23)19-20-22(13)12-5-3-4-11(17)8-12/h3-5,8,10H,2,6-7,9H2,1H3,(H2,18,23). The van der Waals surface area contributed by atoms with Gasteiger partial charge in [-0.2, -0.15) is 0 Å². The Morgan fingerprint density at radius 2 is 2.21 bits per heavy atom. The Balaban J connectivity index is 1.90. The van der Waals surface area contributed by atoms with Crippen molar-refractivity contribution in [2.24, 2.45) is 11.7 Å². The number of nitrogens with zero attached hydrogens (tertiary/aromatic N) is 4. The zero-order valence-corrected chi connectivity index (χ0v) is 14.0. The molecule has 1 fully saturated rings. The Kier molecular flexibility index (Phi) is 4.53. The minimum absolute atomic E-state index is 0.219. The van der Waals surface area contributed by atoms with E-state index in [1.807, 2.05) is 19.1 Å². The van der Waals surface area contributed by atoms with Gasteiger partial charge in [-0.25, -0.2) is 4.68 Å². The predicted octanol–water partition coefficient (Wildman–Crippen LogP) is 1.43. The van der Waals surface area contributed by atoms with Crippen LogP contribution in [0.25, 0.3) is 5.69 Å². The van der Waals surface area contributed by atoms with Crippen molar-refractivity contribution in [3.05, 3.63) is 40.7 Å². The quantitative estimate of drug-likeness (QED) is 0.905. The van der Waals surface area contributed by atoms with E-state index in [9.17, 15) is 9.59 Å². The third-order valence-corrected chi connectivity index (χ3v) is 4.47. The first-order valence-electron chi connectivity index (χ1n) is 7.80. The van der Waals surface area contributed by atoms with Crippen LogP contribution in [0.1, 0.15) is 29.5 Å². The summed E-state index contributed by atoms with van der Waals surface area (Å²) >= 11 is 6.03. The number of nitrogens with two attached hydrogens (primary N) is 1. The number of hydrogen-bond acceptors (Lipinski definition) is 4. The van der Waals surface area contributed by atoms with E-state index in [0.29, 0.717) is 42.3 Å². The Bertz CT molecular complexity index is 789. The number of hydrogen-bond donors (Lipinski definition) is 1. The van der Waals surface area contributed by atoms with Crippen LogP contribution in [0.5, 0.6) is 0 Å². The van der Waals surface area contributed by atoms with Gasteiger partial charge in [0.2, 0.25) is 5.91 Å². The van der Waals surface area contributed by atoms with Crippen LogP contribution in [0, 0.1) is 5.92 Å². The van der Waals surface area contributed by atoms with Gasteiger partial charge in [-0.3, -0.25) is 9.59 Å². The first-order chi connectivity index (χ1) is 11.5. The van der Waals surface area contributed by atoms with Crippen molar-refractivity contribution in [3.8, 4) is 5.69 Å². The highest BCUT2D eigenvalue weighted by atomic mass is 35.5. The number of carbonyl (C=O) groups excluding carboxylic acids is 2. The molecule has 1 unspecified atom stereocenters. The third-order valence-electron chi connectivity index (χ3n) is 4.23. The van der Waals surface area contributed by atoms with Gasteiger partial charge >= 0.3 is 0 Å². The van der Waals surface area contributed by atoms with Crippen molar-refractivity contribution in [2.45, 2.75) is 19.8 Å². The van der Waals surface area contributed by atoms with Crippen LogP contribution in [0.2, 0.25) is 5.02 Å². The van der Waals surface area contributed by atoms with Gasteiger partial charge in [0, 0.05) is 18.1 Å². The van der Waals surface area contributed by atoms with Crippen LogP contribution in [0.15, 0.2) is 24.3 Å². The molecule has 2 aromatic rings. The number of primary amides is 1. The second-order valence-electron chi connectivity index (χ2n) is 5.77. The molecule has 24 heavy (non-hydrogen) atoms. The highest BCUT2D eigenvalue weighted by molar-refractivity contribution is 6.30. The number of rotatable bonds is 4. The van der Waals surface area contributed by atoms with E-state index in [-0.39, 0.29) is 17.7 Å². The molecule has 1 aromatic heterocycles. The lowest BCUT2D eigenvalue weighted by Gasteiger charge is -2.15. The molecule has 7 nitrogen and oxygen atoms in total.